The van der Waals surface area contributed by atoms with Gasteiger partial charge in [-0.2, -0.15) is 0 Å². The summed E-state index contributed by atoms with van der Waals surface area (Å²) in [6.07, 6.45) is 1.56. The first-order valence-corrected chi connectivity index (χ1v) is 14.2. The Labute approximate surface area is 228 Å². The lowest BCUT2D eigenvalue weighted by atomic mass is 10.2. The summed E-state index contributed by atoms with van der Waals surface area (Å²) in [7, 11) is -3.87. The summed E-state index contributed by atoms with van der Waals surface area (Å²) < 4.78 is 34.0. The molecule has 0 aliphatic rings. The second-order valence-electron chi connectivity index (χ2n) is 8.85. The number of hydrogen-bond donors (Lipinski definition) is 3. The molecule has 1 aromatic heterocycles. The van der Waals surface area contributed by atoms with Crippen LogP contribution in [0.25, 0.3) is 10.9 Å². The predicted octanol–water partition coefficient (Wildman–Crippen LogP) is 3.66. The molecule has 0 unspecified atom stereocenters. The van der Waals surface area contributed by atoms with Crippen LogP contribution in [0.3, 0.4) is 0 Å². The number of carbonyl (C=O) groups excluding carboxylic acids is 1. The van der Waals surface area contributed by atoms with E-state index < -0.39 is 10.0 Å². The molecule has 9 nitrogen and oxygen atoms in total. The van der Waals surface area contributed by atoms with Crippen molar-refractivity contribution in [3.05, 3.63) is 96.2 Å². The summed E-state index contributed by atoms with van der Waals surface area (Å²) in [4.78, 5) is 19.2. The van der Waals surface area contributed by atoms with Crippen LogP contribution in [-0.4, -0.2) is 62.2 Å². The molecule has 4 rings (SSSR count). The Balaban J connectivity index is 1.29. The third-order valence-electron chi connectivity index (χ3n) is 6.13. The van der Waals surface area contributed by atoms with E-state index in [2.05, 4.69) is 26.8 Å². The van der Waals surface area contributed by atoms with Crippen LogP contribution in [0.1, 0.15) is 22.8 Å². The molecule has 39 heavy (non-hydrogen) atoms. The zero-order valence-corrected chi connectivity index (χ0v) is 22.5. The number of amides is 1. The summed E-state index contributed by atoms with van der Waals surface area (Å²) in [5.74, 6) is 0.483. The van der Waals surface area contributed by atoms with E-state index in [0.29, 0.717) is 35.6 Å². The molecule has 0 aliphatic heterocycles. The number of nitrogens with one attached hydrogen (secondary N) is 2. The lowest BCUT2D eigenvalue weighted by Gasteiger charge is -2.21. The number of ether oxygens (including phenoxy) is 1. The van der Waals surface area contributed by atoms with E-state index in [9.17, 15) is 13.2 Å². The summed E-state index contributed by atoms with van der Waals surface area (Å²) >= 11 is 0. The number of aromatic nitrogens is 1. The van der Waals surface area contributed by atoms with Crippen molar-refractivity contribution in [2.45, 2.75) is 18.4 Å². The molecule has 0 bridgehead atoms. The minimum absolute atomic E-state index is 0.0240. The van der Waals surface area contributed by atoms with Crippen LogP contribution in [0.15, 0.2) is 90.0 Å². The summed E-state index contributed by atoms with van der Waals surface area (Å²) in [5, 5.41) is 12.5. The van der Waals surface area contributed by atoms with Crippen molar-refractivity contribution in [3.63, 3.8) is 0 Å². The van der Waals surface area contributed by atoms with E-state index in [1.165, 1.54) is 6.07 Å². The highest BCUT2D eigenvalue weighted by Gasteiger charge is 2.18. The summed E-state index contributed by atoms with van der Waals surface area (Å²) in [6, 6.07) is 22.6. The number of sulfonamides is 1. The topological polar surface area (TPSA) is 121 Å². The quantitative estimate of drug-likeness (QED) is 0.233. The molecule has 0 spiro atoms. The average Bonchev–Trinajstić information content (AvgIpc) is 2.96. The molecule has 3 N–H and O–H groups in total. The largest absolute Gasteiger partial charge is 0.491 e. The third-order valence-corrected chi connectivity index (χ3v) is 7.55. The second kappa shape index (κ2) is 13.2. The highest BCUT2D eigenvalue weighted by Crippen LogP contribution is 2.23. The number of nitrogens with zero attached hydrogens (tertiary/aromatic N) is 2. The van der Waals surface area contributed by atoms with Gasteiger partial charge in [0.15, 0.2) is 0 Å². The first-order chi connectivity index (χ1) is 18.9. The predicted molar refractivity (Wildman–Crippen MR) is 151 cm³/mol. The summed E-state index contributed by atoms with van der Waals surface area (Å²) in [5.41, 5.74) is 2.31. The van der Waals surface area contributed by atoms with E-state index in [0.717, 1.165) is 24.0 Å². The van der Waals surface area contributed by atoms with Crippen molar-refractivity contribution < 1.29 is 23.1 Å². The van der Waals surface area contributed by atoms with Gasteiger partial charge in [-0.3, -0.25) is 19.4 Å². The van der Waals surface area contributed by atoms with Crippen LogP contribution >= 0.6 is 0 Å². The highest BCUT2D eigenvalue weighted by atomic mass is 32.2. The Morgan fingerprint density at radius 3 is 2.46 bits per heavy atom. The van der Waals surface area contributed by atoms with E-state index >= 15 is 0 Å². The van der Waals surface area contributed by atoms with Crippen molar-refractivity contribution in [2.24, 2.45) is 0 Å². The molecule has 0 radical (unpaired) electrons. The Kier molecular flexibility index (Phi) is 9.48. The maximum Gasteiger partial charge on any atom is 0.264 e. The zero-order chi connectivity index (χ0) is 27.7. The Hall–Kier alpha value is -3.99. The lowest BCUT2D eigenvalue weighted by Crippen LogP contribution is -2.34. The smallest absolute Gasteiger partial charge is 0.264 e. The Morgan fingerprint density at radius 2 is 1.74 bits per heavy atom. The molecule has 3 aromatic carbocycles. The van der Waals surface area contributed by atoms with E-state index in [-0.39, 0.29) is 24.0 Å². The Bertz CT molecular complexity index is 1490. The van der Waals surface area contributed by atoms with Gasteiger partial charge in [0.25, 0.3) is 15.9 Å². The maximum atomic E-state index is 13.0. The number of aliphatic hydroxyl groups is 1. The van der Waals surface area contributed by atoms with Gasteiger partial charge >= 0.3 is 0 Å². The number of aliphatic hydroxyl groups excluding tert-OH is 1. The van der Waals surface area contributed by atoms with Gasteiger partial charge in [0.2, 0.25) is 0 Å². The first-order valence-electron chi connectivity index (χ1n) is 12.7. The number of carbonyl (C=O) groups is 1. The second-order valence-corrected chi connectivity index (χ2v) is 10.5. The number of likely N-dealkylation sites (N-methyl/N-ethyl adjacent to an activating group) is 1. The van der Waals surface area contributed by atoms with Crippen molar-refractivity contribution in [1.29, 1.82) is 0 Å². The molecule has 1 amide bonds. The molecule has 0 aliphatic carbocycles. The third kappa shape index (κ3) is 7.53. The van der Waals surface area contributed by atoms with E-state index in [1.54, 1.807) is 42.6 Å². The average molecular weight is 549 g/mol. The minimum Gasteiger partial charge on any atom is -0.491 e. The van der Waals surface area contributed by atoms with Gasteiger partial charge in [-0.15, -0.1) is 0 Å². The van der Waals surface area contributed by atoms with Crippen LogP contribution in [0.4, 0.5) is 5.69 Å². The van der Waals surface area contributed by atoms with Crippen LogP contribution in [0, 0.1) is 0 Å². The molecule has 0 fully saturated rings. The van der Waals surface area contributed by atoms with Crippen LogP contribution in [0.2, 0.25) is 0 Å². The van der Waals surface area contributed by atoms with Crippen LogP contribution < -0.4 is 14.8 Å². The van der Waals surface area contributed by atoms with Crippen molar-refractivity contribution in [3.8, 4) is 5.75 Å². The fraction of sp³-hybridized carbons (Fsp3) is 0.241. The maximum absolute atomic E-state index is 13.0. The van der Waals surface area contributed by atoms with E-state index in [1.807, 2.05) is 36.4 Å². The SMILES string of the molecule is CCN(CCNC(=O)c1ccc(NS(=O)(=O)c2cccc3cccnc23)cc1)Cc1ccc(OCCO)cc1. The fourth-order valence-corrected chi connectivity index (χ4v) is 5.32. The minimum atomic E-state index is -3.87. The molecule has 4 aromatic rings. The molecular weight excluding hydrogens is 516 g/mol. The van der Waals surface area contributed by atoms with Crippen molar-refractivity contribution in [2.75, 3.05) is 37.6 Å². The van der Waals surface area contributed by atoms with Gasteiger partial charge in [-0.25, -0.2) is 8.42 Å². The van der Waals surface area contributed by atoms with Gasteiger partial charge in [0.05, 0.1) is 12.1 Å². The fourth-order valence-electron chi connectivity index (χ4n) is 4.08. The number of hydrogen-bond acceptors (Lipinski definition) is 7. The number of pyridine rings is 1. The molecule has 0 saturated carbocycles. The van der Waals surface area contributed by atoms with Gasteiger partial charge in [-0.1, -0.05) is 37.3 Å². The normalized spacial score (nSPS) is 11.5. The molecule has 204 valence electrons. The monoisotopic (exact) mass is 548 g/mol. The zero-order valence-electron chi connectivity index (χ0n) is 21.7. The number of anilines is 1. The van der Waals surface area contributed by atoms with Gasteiger partial charge < -0.3 is 15.2 Å². The van der Waals surface area contributed by atoms with Crippen LogP contribution in [0.5, 0.6) is 5.75 Å². The van der Waals surface area contributed by atoms with Gasteiger partial charge in [0, 0.05) is 42.5 Å². The van der Waals surface area contributed by atoms with Crippen LogP contribution in [-0.2, 0) is 16.6 Å². The lowest BCUT2D eigenvalue weighted by molar-refractivity contribution is 0.0948. The Morgan fingerprint density at radius 1 is 1.00 bits per heavy atom. The van der Waals surface area contributed by atoms with Crippen molar-refractivity contribution >= 4 is 32.5 Å². The van der Waals surface area contributed by atoms with Crippen molar-refractivity contribution in [1.82, 2.24) is 15.2 Å². The first kappa shape index (κ1) is 28.0. The summed E-state index contributed by atoms with van der Waals surface area (Å²) in [6.45, 7) is 4.99. The molecule has 1 heterocycles. The molecule has 10 heteroatoms. The van der Waals surface area contributed by atoms with E-state index in [4.69, 9.17) is 9.84 Å². The highest BCUT2D eigenvalue weighted by molar-refractivity contribution is 7.93. The standard InChI is InChI=1S/C29H32N4O5S/c1-2-33(21-22-8-14-26(15-9-22)38-20-19-34)18-17-31-29(35)24-10-12-25(13-11-24)32-39(36,37)27-7-3-5-23-6-4-16-30-28(23)27/h3-16,32,34H,2,17-21H2,1H3,(H,31,35). The molecule has 0 saturated heterocycles. The number of fused-ring (bicyclic) bond motifs is 1. The number of rotatable bonds is 13. The molecular formula is C29H32N4O5S. The van der Waals surface area contributed by atoms with Gasteiger partial charge in [0.1, 0.15) is 17.3 Å². The number of benzene rings is 3. The van der Waals surface area contributed by atoms with Gasteiger partial charge in [-0.05, 0) is 60.6 Å². The molecule has 0 atom stereocenters. The number of para-hydroxylation sites is 1.